The monoisotopic (exact) mass is 263 g/mol. The van der Waals surface area contributed by atoms with Gasteiger partial charge in [0.05, 0.1) is 6.20 Å². The number of anilines is 2. The molecule has 0 fully saturated rings. The van der Waals surface area contributed by atoms with Gasteiger partial charge in [0.1, 0.15) is 5.00 Å². The minimum absolute atomic E-state index is 0.0175. The molecule has 2 rings (SSSR count). The second kappa shape index (κ2) is 5.56. The van der Waals surface area contributed by atoms with Crippen LogP contribution in [0.15, 0.2) is 30.5 Å². The maximum Gasteiger partial charge on any atom is 0.324 e. The van der Waals surface area contributed by atoms with Crippen molar-refractivity contribution in [3.05, 3.63) is 36.0 Å². The molecule has 0 aliphatic heterocycles. The molecule has 18 heavy (non-hydrogen) atoms. The van der Waals surface area contributed by atoms with Crippen LogP contribution < -0.4 is 16.4 Å². The minimum atomic E-state index is -0.324. The molecule has 1 unspecified atom stereocenters. The standard InChI is InChI=1S/C11H13N5OS/c1-7(12)8-2-4-9(5-3-8)14-11(17)15-10-6-13-16-18-10/h2-7H,12H2,1H3,(H2,14,15,17). The number of amides is 2. The molecule has 6 nitrogen and oxygen atoms in total. The Labute approximate surface area is 108 Å². The van der Waals surface area contributed by atoms with Crippen LogP contribution in [0.4, 0.5) is 15.5 Å². The zero-order chi connectivity index (χ0) is 13.0. The molecule has 0 spiro atoms. The first kappa shape index (κ1) is 12.5. The van der Waals surface area contributed by atoms with Crippen molar-refractivity contribution >= 4 is 28.3 Å². The van der Waals surface area contributed by atoms with E-state index in [4.69, 9.17) is 5.73 Å². The topological polar surface area (TPSA) is 92.9 Å². The summed E-state index contributed by atoms with van der Waals surface area (Å²) in [4.78, 5) is 11.6. The Hall–Kier alpha value is -1.99. The molecule has 0 aliphatic rings. The molecule has 1 aromatic carbocycles. The summed E-state index contributed by atoms with van der Waals surface area (Å²) < 4.78 is 3.65. The van der Waals surface area contributed by atoms with E-state index >= 15 is 0 Å². The summed E-state index contributed by atoms with van der Waals surface area (Å²) in [7, 11) is 0. The van der Waals surface area contributed by atoms with Gasteiger partial charge in [0.2, 0.25) is 0 Å². The molecule has 2 amide bonds. The highest BCUT2D eigenvalue weighted by Gasteiger charge is 2.05. The Morgan fingerprint density at radius 3 is 2.61 bits per heavy atom. The van der Waals surface area contributed by atoms with Crippen LogP contribution in [-0.2, 0) is 0 Å². The molecular weight excluding hydrogens is 250 g/mol. The quantitative estimate of drug-likeness (QED) is 0.791. The fraction of sp³-hybridized carbons (Fsp3) is 0.182. The lowest BCUT2D eigenvalue weighted by atomic mass is 10.1. The van der Waals surface area contributed by atoms with Gasteiger partial charge in [-0.15, -0.1) is 5.10 Å². The molecule has 0 aliphatic carbocycles. The number of urea groups is 1. The van der Waals surface area contributed by atoms with Crippen LogP contribution in [0.3, 0.4) is 0 Å². The highest BCUT2D eigenvalue weighted by atomic mass is 32.1. The fourth-order valence-electron chi connectivity index (χ4n) is 1.37. The largest absolute Gasteiger partial charge is 0.324 e. The SMILES string of the molecule is CC(N)c1ccc(NC(=O)Nc2cnns2)cc1. The van der Waals surface area contributed by atoms with Gasteiger partial charge in [-0.25, -0.2) is 4.79 Å². The Kier molecular flexibility index (Phi) is 3.85. The molecule has 1 heterocycles. The van der Waals surface area contributed by atoms with Crippen LogP contribution in [0.25, 0.3) is 0 Å². The van der Waals surface area contributed by atoms with Crippen LogP contribution in [0.5, 0.6) is 0 Å². The third kappa shape index (κ3) is 3.25. The Bertz CT molecular complexity index is 509. The summed E-state index contributed by atoms with van der Waals surface area (Å²) >= 11 is 1.12. The number of carbonyl (C=O) groups excluding carboxylic acids is 1. The number of nitrogens with two attached hydrogens (primary N) is 1. The predicted molar refractivity (Wildman–Crippen MR) is 71.6 cm³/mol. The summed E-state index contributed by atoms with van der Waals surface area (Å²) in [6, 6.07) is 7.04. The van der Waals surface area contributed by atoms with E-state index < -0.39 is 0 Å². The van der Waals surface area contributed by atoms with Crippen LogP contribution >= 0.6 is 11.5 Å². The summed E-state index contributed by atoms with van der Waals surface area (Å²) in [5.74, 6) is 0. The highest BCUT2D eigenvalue weighted by Crippen LogP contribution is 2.15. The number of benzene rings is 1. The molecule has 2 aromatic rings. The molecule has 0 saturated carbocycles. The summed E-state index contributed by atoms with van der Waals surface area (Å²) in [5.41, 5.74) is 7.47. The van der Waals surface area contributed by atoms with E-state index in [0.29, 0.717) is 10.7 Å². The fourth-order valence-corrected chi connectivity index (χ4v) is 1.78. The van der Waals surface area contributed by atoms with Crippen LogP contribution in [0.1, 0.15) is 18.5 Å². The molecule has 0 radical (unpaired) electrons. The van der Waals surface area contributed by atoms with E-state index in [-0.39, 0.29) is 12.1 Å². The number of nitrogens with one attached hydrogen (secondary N) is 2. The highest BCUT2D eigenvalue weighted by molar-refractivity contribution is 7.10. The average Bonchev–Trinajstić information content (AvgIpc) is 2.82. The van der Waals surface area contributed by atoms with Crippen molar-refractivity contribution in [2.45, 2.75) is 13.0 Å². The van der Waals surface area contributed by atoms with Crippen molar-refractivity contribution in [3.8, 4) is 0 Å². The molecule has 0 bridgehead atoms. The van der Waals surface area contributed by atoms with Crippen molar-refractivity contribution in [3.63, 3.8) is 0 Å². The lowest BCUT2D eigenvalue weighted by Gasteiger charge is -2.08. The number of hydrogen-bond donors (Lipinski definition) is 3. The average molecular weight is 263 g/mol. The van der Waals surface area contributed by atoms with Crippen molar-refractivity contribution < 1.29 is 4.79 Å². The number of carbonyl (C=O) groups is 1. The van der Waals surface area contributed by atoms with E-state index in [9.17, 15) is 4.79 Å². The molecule has 1 atom stereocenters. The Balaban J connectivity index is 1.95. The first-order chi connectivity index (χ1) is 8.65. The third-order valence-corrected chi connectivity index (χ3v) is 2.87. The van der Waals surface area contributed by atoms with E-state index in [1.807, 2.05) is 31.2 Å². The van der Waals surface area contributed by atoms with E-state index in [1.165, 1.54) is 6.20 Å². The van der Waals surface area contributed by atoms with E-state index in [2.05, 4.69) is 20.2 Å². The molecular formula is C11H13N5OS. The summed E-state index contributed by atoms with van der Waals surface area (Å²) in [6.45, 7) is 1.91. The van der Waals surface area contributed by atoms with Crippen molar-refractivity contribution in [2.24, 2.45) is 5.73 Å². The number of hydrogen-bond acceptors (Lipinski definition) is 5. The van der Waals surface area contributed by atoms with Gasteiger partial charge in [0.25, 0.3) is 0 Å². The maximum atomic E-state index is 11.6. The zero-order valence-electron chi connectivity index (χ0n) is 9.75. The number of nitrogens with zero attached hydrogens (tertiary/aromatic N) is 2. The van der Waals surface area contributed by atoms with Gasteiger partial charge >= 0.3 is 6.03 Å². The second-order valence-corrected chi connectivity index (χ2v) is 4.56. The van der Waals surface area contributed by atoms with Crippen LogP contribution in [0.2, 0.25) is 0 Å². The number of aromatic nitrogens is 2. The number of rotatable bonds is 3. The van der Waals surface area contributed by atoms with Gasteiger partial charge in [-0.1, -0.05) is 16.6 Å². The zero-order valence-corrected chi connectivity index (χ0v) is 10.6. The van der Waals surface area contributed by atoms with Crippen LogP contribution in [-0.4, -0.2) is 15.6 Å². The van der Waals surface area contributed by atoms with Gasteiger partial charge in [0, 0.05) is 23.3 Å². The van der Waals surface area contributed by atoms with Crippen molar-refractivity contribution in [2.75, 3.05) is 10.6 Å². The van der Waals surface area contributed by atoms with Crippen molar-refractivity contribution in [1.29, 1.82) is 0 Å². The summed E-state index contributed by atoms with van der Waals surface area (Å²) in [6.07, 6.45) is 1.49. The smallest absolute Gasteiger partial charge is 0.324 e. The first-order valence-electron chi connectivity index (χ1n) is 5.36. The maximum absolute atomic E-state index is 11.6. The molecule has 4 N–H and O–H groups in total. The lowest BCUT2D eigenvalue weighted by Crippen LogP contribution is -2.18. The molecule has 7 heteroatoms. The van der Waals surface area contributed by atoms with Gasteiger partial charge < -0.3 is 11.1 Å². The molecule has 1 aromatic heterocycles. The minimum Gasteiger partial charge on any atom is -0.324 e. The lowest BCUT2D eigenvalue weighted by molar-refractivity contribution is 0.262. The van der Waals surface area contributed by atoms with Gasteiger partial charge in [-0.3, -0.25) is 5.32 Å². The second-order valence-electron chi connectivity index (χ2n) is 3.77. The van der Waals surface area contributed by atoms with Gasteiger partial charge in [-0.05, 0) is 24.6 Å². The first-order valence-corrected chi connectivity index (χ1v) is 6.13. The Morgan fingerprint density at radius 2 is 2.06 bits per heavy atom. The molecule has 0 saturated heterocycles. The Morgan fingerprint density at radius 1 is 1.33 bits per heavy atom. The van der Waals surface area contributed by atoms with Crippen molar-refractivity contribution in [1.82, 2.24) is 9.59 Å². The predicted octanol–water partition coefficient (Wildman–Crippen LogP) is 2.20. The molecule has 94 valence electrons. The van der Waals surface area contributed by atoms with E-state index in [1.54, 1.807) is 0 Å². The summed E-state index contributed by atoms with van der Waals surface area (Å²) in [5, 5.41) is 9.56. The van der Waals surface area contributed by atoms with Gasteiger partial charge in [0.15, 0.2) is 0 Å². The third-order valence-electron chi connectivity index (χ3n) is 2.29. The van der Waals surface area contributed by atoms with Gasteiger partial charge in [-0.2, -0.15) is 0 Å². The van der Waals surface area contributed by atoms with Crippen LogP contribution in [0, 0.1) is 0 Å². The normalized spacial score (nSPS) is 11.9. The van der Waals surface area contributed by atoms with E-state index in [0.717, 1.165) is 17.1 Å².